The number of carbonyl (C=O) groups is 1. The Labute approximate surface area is 190 Å². The number of halogens is 1. The number of nitrogens with zero attached hydrogens (tertiary/aromatic N) is 3. The zero-order valence-corrected chi connectivity index (χ0v) is 18.5. The number of rotatable bonds is 2. The molecule has 0 saturated heterocycles. The number of aromatic nitrogens is 3. The zero-order valence-electron chi connectivity index (χ0n) is 18.5. The molecule has 164 valence electrons. The number of fused-ring (bicyclic) bond motifs is 4. The molecule has 3 heterocycles. The summed E-state index contributed by atoms with van der Waals surface area (Å²) in [7, 11) is 0. The van der Waals surface area contributed by atoms with Crippen LogP contribution in [-0.4, -0.2) is 26.7 Å². The maximum atomic E-state index is 13.6. The molecule has 2 aromatic heterocycles. The number of hydrogen-bond donors (Lipinski definition) is 1. The van der Waals surface area contributed by atoms with Crippen molar-refractivity contribution in [2.45, 2.75) is 32.6 Å². The Kier molecular flexibility index (Phi) is 4.34. The molecule has 2 atom stereocenters. The standard InChI is InChI=1S/C27H23FN4O/c1-27(2)12-21-25(22(33)13-27)24(18-14-30-32-26(18)15-5-7-16(28)8-6-15)23-17-4-3-11-29-19(17)9-10-20(23)31-21/h3-11,14,24-25H,12-13H2,1-2H3,(H,30,32). The number of aromatic amines is 1. The summed E-state index contributed by atoms with van der Waals surface area (Å²) in [6.45, 7) is 4.25. The van der Waals surface area contributed by atoms with Crippen LogP contribution in [0, 0.1) is 17.2 Å². The fourth-order valence-corrected chi connectivity index (χ4v) is 5.54. The molecule has 1 fully saturated rings. The molecule has 0 radical (unpaired) electrons. The number of ketones is 1. The van der Waals surface area contributed by atoms with Gasteiger partial charge in [-0.3, -0.25) is 19.9 Å². The first-order chi connectivity index (χ1) is 15.9. The molecule has 1 aliphatic carbocycles. The van der Waals surface area contributed by atoms with E-state index in [1.54, 1.807) is 24.5 Å². The minimum atomic E-state index is -0.354. The lowest BCUT2D eigenvalue weighted by Crippen LogP contribution is -2.42. The molecule has 4 aromatic rings. The van der Waals surface area contributed by atoms with Crippen LogP contribution in [0.5, 0.6) is 0 Å². The van der Waals surface area contributed by atoms with Crippen molar-refractivity contribution in [3.63, 3.8) is 0 Å². The SMILES string of the molecule is CC1(C)CC(=O)C2C(=Nc3ccc4ncccc4c3C2c2cn[nH]c2-c2ccc(F)cc2)C1. The van der Waals surface area contributed by atoms with Crippen LogP contribution in [0.4, 0.5) is 10.1 Å². The van der Waals surface area contributed by atoms with E-state index < -0.39 is 0 Å². The summed E-state index contributed by atoms with van der Waals surface area (Å²) in [6, 6.07) is 14.3. The lowest BCUT2D eigenvalue weighted by atomic mass is 9.63. The first-order valence-electron chi connectivity index (χ1n) is 11.2. The van der Waals surface area contributed by atoms with Crippen LogP contribution >= 0.6 is 0 Å². The Balaban J connectivity index is 1.63. The highest BCUT2D eigenvalue weighted by Crippen LogP contribution is 2.51. The molecule has 1 N–H and O–H groups in total. The molecular weight excluding hydrogens is 415 g/mol. The molecule has 0 amide bonds. The molecule has 6 heteroatoms. The van der Waals surface area contributed by atoms with Crippen LogP contribution in [0.25, 0.3) is 22.2 Å². The number of Topliss-reactive ketones (excluding diaryl/α,β-unsaturated/α-hetero) is 1. The Morgan fingerprint density at radius 3 is 2.67 bits per heavy atom. The normalized spacial score (nSPS) is 21.4. The molecule has 1 saturated carbocycles. The predicted octanol–water partition coefficient (Wildman–Crippen LogP) is 5.99. The molecule has 0 bridgehead atoms. The minimum Gasteiger partial charge on any atom is -0.299 e. The quantitative estimate of drug-likeness (QED) is 0.418. The Bertz CT molecular complexity index is 1430. The molecule has 1 aliphatic heterocycles. The van der Waals surface area contributed by atoms with Crippen LogP contribution < -0.4 is 0 Å². The molecule has 6 rings (SSSR count). The second-order valence-electron chi connectivity index (χ2n) is 9.82. The lowest BCUT2D eigenvalue weighted by Gasteiger charge is -2.41. The van der Waals surface area contributed by atoms with Gasteiger partial charge in [0, 0.05) is 40.8 Å². The van der Waals surface area contributed by atoms with Gasteiger partial charge in [-0.25, -0.2) is 4.39 Å². The summed E-state index contributed by atoms with van der Waals surface area (Å²) in [5, 5.41) is 8.45. The summed E-state index contributed by atoms with van der Waals surface area (Å²) in [5.41, 5.74) is 6.12. The maximum Gasteiger partial charge on any atom is 0.143 e. The van der Waals surface area contributed by atoms with Gasteiger partial charge in [0.15, 0.2) is 0 Å². The molecule has 2 aliphatic rings. The average molecular weight is 439 g/mol. The van der Waals surface area contributed by atoms with E-state index in [9.17, 15) is 9.18 Å². The van der Waals surface area contributed by atoms with Crippen molar-refractivity contribution in [1.29, 1.82) is 0 Å². The van der Waals surface area contributed by atoms with Gasteiger partial charge in [0.05, 0.1) is 29.0 Å². The van der Waals surface area contributed by atoms with E-state index in [2.05, 4.69) is 29.0 Å². The van der Waals surface area contributed by atoms with Crippen LogP contribution in [0.1, 0.15) is 43.7 Å². The highest BCUT2D eigenvalue weighted by Gasteiger charge is 2.47. The predicted molar refractivity (Wildman–Crippen MR) is 126 cm³/mol. The van der Waals surface area contributed by atoms with Gasteiger partial charge in [-0.1, -0.05) is 19.9 Å². The fourth-order valence-electron chi connectivity index (χ4n) is 5.54. The van der Waals surface area contributed by atoms with E-state index in [1.165, 1.54) is 12.1 Å². The number of aliphatic imine (C=N–C) groups is 1. The number of hydrogen-bond acceptors (Lipinski definition) is 4. The second kappa shape index (κ2) is 7.17. The molecule has 5 nitrogen and oxygen atoms in total. The van der Waals surface area contributed by atoms with E-state index in [4.69, 9.17) is 4.99 Å². The van der Waals surface area contributed by atoms with Gasteiger partial charge in [-0.05, 0) is 59.9 Å². The van der Waals surface area contributed by atoms with E-state index in [0.717, 1.165) is 51.1 Å². The summed E-state index contributed by atoms with van der Waals surface area (Å²) < 4.78 is 13.6. The molecule has 0 spiro atoms. The number of nitrogens with one attached hydrogen (secondary N) is 1. The fraction of sp³-hybridized carbons (Fsp3) is 0.259. The average Bonchev–Trinajstić information content (AvgIpc) is 3.26. The molecule has 33 heavy (non-hydrogen) atoms. The number of pyridine rings is 1. The first kappa shape index (κ1) is 20.0. The number of carbonyl (C=O) groups excluding carboxylic acids is 1. The highest BCUT2D eigenvalue weighted by molar-refractivity contribution is 6.12. The third kappa shape index (κ3) is 3.20. The van der Waals surface area contributed by atoms with Crippen molar-refractivity contribution >= 4 is 28.1 Å². The van der Waals surface area contributed by atoms with E-state index >= 15 is 0 Å². The van der Waals surface area contributed by atoms with Gasteiger partial charge < -0.3 is 0 Å². The summed E-state index contributed by atoms with van der Waals surface area (Å²) >= 11 is 0. The first-order valence-corrected chi connectivity index (χ1v) is 11.2. The lowest BCUT2D eigenvalue weighted by molar-refractivity contribution is -0.124. The summed E-state index contributed by atoms with van der Waals surface area (Å²) in [6.07, 6.45) is 4.86. The Morgan fingerprint density at radius 2 is 1.85 bits per heavy atom. The molecular formula is C27H23FN4O. The number of H-pyrrole nitrogens is 1. The van der Waals surface area contributed by atoms with Gasteiger partial charge in [-0.2, -0.15) is 5.10 Å². The van der Waals surface area contributed by atoms with Crippen molar-refractivity contribution in [3.8, 4) is 11.3 Å². The van der Waals surface area contributed by atoms with Gasteiger partial charge >= 0.3 is 0 Å². The highest BCUT2D eigenvalue weighted by atomic mass is 19.1. The Morgan fingerprint density at radius 1 is 1.03 bits per heavy atom. The summed E-state index contributed by atoms with van der Waals surface area (Å²) in [5.74, 6) is -0.692. The van der Waals surface area contributed by atoms with Gasteiger partial charge in [0.2, 0.25) is 0 Å². The number of benzene rings is 2. The third-order valence-electron chi connectivity index (χ3n) is 6.87. The van der Waals surface area contributed by atoms with Crippen LogP contribution in [0.3, 0.4) is 0 Å². The van der Waals surface area contributed by atoms with Gasteiger partial charge in [0.1, 0.15) is 11.6 Å². The van der Waals surface area contributed by atoms with Crippen LogP contribution in [-0.2, 0) is 4.79 Å². The summed E-state index contributed by atoms with van der Waals surface area (Å²) in [4.78, 5) is 23.2. The van der Waals surface area contributed by atoms with Crippen molar-refractivity contribution in [2.24, 2.45) is 16.3 Å². The maximum absolute atomic E-state index is 13.6. The zero-order chi connectivity index (χ0) is 22.7. The van der Waals surface area contributed by atoms with E-state index in [1.807, 2.05) is 24.3 Å². The van der Waals surface area contributed by atoms with E-state index in [0.29, 0.717) is 6.42 Å². The minimum absolute atomic E-state index is 0.122. The van der Waals surface area contributed by atoms with Crippen molar-refractivity contribution in [3.05, 3.63) is 77.9 Å². The van der Waals surface area contributed by atoms with Crippen molar-refractivity contribution in [2.75, 3.05) is 0 Å². The largest absolute Gasteiger partial charge is 0.299 e. The second-order valence-corrected chi connectivity index (χ2v) is 9.82. The Hall–Kier alpha value is -3.67. The van der Waals surface area contributed by atoms with Crippen molar-refractivity contribution < 1.29 is 9.18 Å². The van der Waals surface area contributed by atoms with Gasteiger partial charge in [-0.15, -0.1) is 0 Å². The monoisotopic (exact) mass is 438 g/mol. The smallest absolute Gasteiger partial charge is 0.143 e. The van der Waals surface area contributed by atoms with Crippen molar-refractivity contribution in [1.82, 2.24) is 15.2 Å². The third-order valence-corrected chi connectivity index (χ3v) is 6.87. The molecule has 2 aromatic carbocycles. The van der Waals surface area contributed by atoms with E-state index in [-0.39, 0.29) is 28.9 Å². The van der Waals surface area contributed by atoms with Crippen LogP contribution in [0.15, 0.2) is 65.9 Å². The van der Waals surface area contributed by atoms with Gasteiger partial charge in [0.25, 0.3) is 0 Å². The molecule has 2 unspecified atom stereocenters. The topological polar surface area (TPSA) is 71.0 Å². The van der Waals surface area contributed by atoms with Crippen LogP contribution in [0.2, 0.25) is 0 Å².